The van der Waals surface area contributed by atoms with Crippen LogP contribution in [0.3, 0.4) is 0 Å². The lowest BCUT2D eigenvalue weighted by molar-refractivity contribution is -0.135. The number of amidine groups is 1. The number of nitrogens with one attached hydrogen (secondary N) is 1. The van der Waals surface area contributed by atoms with Gasteiger partial charge in [-0.05, 0) is 18.6 Å². The van der Waals surface area contributed by atoms with Gasteiger partial charge in [-0.25, -0.2) is 14.6 Å². The number of hydrogen-bond donors (Lipinski definition) is 2. The molecule has 1 amide bonds. The number of ether oxygens (including phenoxy) is 1. The molecule has 0 aliphatic heterocycles. The lowest BCUT2D eigenvalue weighted by Gasteiger charge is -2.03. The molecule has 3 N–H and O–H groups in total. The second kappa shape index (κ2) is 7.10. The quantitative estimate of drug-likeness (QED) is 0.355. The van der Waals surface area contributed by atoms with Crippen LogP contribution < -0.4 is 11.2 Å². The van der Waals surface area contributed by atoms with Crippen LogP contribution >= 0.6 is 0 Å². The second-order valence-electron chi connectivity index (χ2n) is 3.52. The fourth-order valence-electron chi connectivity index (χ4n) is 1.23. The van der Waals surface area contributed by atoms with Crippen molar-refractivity contribution in [1.82, 2.24) is 5.43 Å². The van der Waals surface area contributed by atoms with Gasteiger partial charge in [-0.3, -0.25) is 4.79 Å². The van der Waals surface area contributed by atoms with Crippen molar-refractivity contribution in [1.29, 1.82) is 0 Å². The van der Waals surface area contributed by atoms with Gasteiger partial charge in [-0.1, -0.05) is 18.2 Å². The highest BCUT2D eigenvalue weighted by molar-refractivity contribution is 6.34. The first kappa shape index (κ1) is 14.6. The van der Waals surface area contributed by atoms with Gasteiger partial charge in [-0.2, -0.15) is 0 Å². The van der Waals surface area contributed by atoms with Crippen molar-refractivity contribution in [2.24, 2.45) is 10.8 Å². The molecule has 0 unspecified atom stereocenters. The maximum absolute atomic E-state index is 13.3. The molecule has 0 saturated carbocycles. The minimum absolute atomic E-state index is 0.151. The first-order valence-electron chi connectivity index (χ1n) is 5.57. The van der Waals surface area contributed by atoms with Gasteiger partial charge < -0.3 is 10.5 Å². The average molecular weight is 267 g/mol. The number of halogens is 1. The number of hydrogen-bond acceptors (Lipinski definition) is 4. The maximum Gasteiger partial charge on any atom is 0.375 e. The van der Waals surface area contributed by atoms with E-state index in [1.54, 1.807) is 13.0 Å². The molecule has 1 rings (SSSR count). The van der Waals surface area contributed by atoms with Crippen LogP contribution in [0.25, 0.3) is 0 Å². The molecule has 0 heterocycles. The van der Waals surface area contributed by atoms with Crippen LogP contribution in [0.1, 0.15) is 12.5 Å². The summed E-state index contributed by atoms with van der Waals surface area (Å²) in [7, 11) is 0. The smallest absolute Gasteiger partial charge is 0.375 e. The zero-order chi connectivity index (χ0) is 14.3. The van der Waals surface area contributed by atoms with Gasteiger partial charge in [0, 0.05) is 0 Å². The average Bonchev–Trinajstić information content (AvgIpc) is 2.39. The lowest BCUT2D eigenvalue weighted by Crippen LogP contribution is -2.31. The van der Waals surface area contributed by atoms with E-state index in [4.69, 9.17) is 5.73 Å². The molecule has 1 aromatic carbocycles. The third kappa shape index (κ3) is 4.74. The maximum atomic E-state index is 13.3. The van der Waals surface area contributed by atoms with Crippen molar-refractivity contribution in [3.05, 3.63) is 35.6 Å². The van der Waals surface area contributed by atoms with E-state index in [0.29, 0.717) is 0 Å². The number of nitrogens with zero attached hydrogens (tertiary/aromatic N) is 1. The highest BCUT2D eigenvalue weighted by atomic mass is 19.1. The van der Waals surface area contributed by atoms with Gasteiger partial charge in [0.05, 0.1) is 13.0 Å². The number of nitrogens with two attached hydrogens (primary N) is 1. The Labute approximate surface area is 109 Å². The summed E-state index contributed by atoms with van der Waals surface area (Å²) in [5, 5.41) is 3.37. The summed E-state index contributed by atoms with van der Waals surface area (Å²) in [6.45, 7) is 1.76. The van der Waals surface area contributed by atoms with Gasteiger partial charge in [0.15, 0.2) is 0 Å². The number of rotatable bonds is 4. The van der Waals surface area contributed by atoms with Crippen molar-refractivity contribution in [2.75, 3.05) is 6.61 Å². The minimum Gasteiger partial charge on any atom is -0.460 e. The van der Waals surface area contributed by atoms with Crippen LogP contribution in [-0.4, -0.2) is 24.3 Å². The molecule has 0 aliphatic rings. The second-order valence-corrected chi connectivity index (χ2v) is 3.52. The normalized spacial score (nSPS) is 10.9. The molecule has 7 heteroatoms. The first-order valence-corrected chi connectivity index (χ1v) is 5.57. The van der Waals surface area contributed by atoms with E-state index in [9.17, 15) is 14.0 Å². The van der Waals surface area contributed by atoms with Crippen molar-refractivity contribution in [3.8, 4) is 0 Å². The molecule has 6 nitrogen and oxygen atoms in total. The number of amides is 1. The van der Waals surface area contributed by atoms with Crippen LogP contribution in [0.4, 0.5) is 4.39 Å². The highest BCUT2D eigenvalue weighted by Gasteiger charge is 2.10. The largest absolute Gasteiger partial charge is 0.460 e. The molecule has 0 fully saturated rings. The summed E-state index contributed by atoms with van der Waals surface area (Å²) in [6.07, 6.45) is -0.202. The molecule has 0 spiro atoms. The summed E-state index contributed by atoms with van der Waals surface area (Å²) in [6, 6.07) is 5.86. The Morgan fingerprint density at radius 3 is 2.74 bits per heavy atom. The van der Waals surface area contributed by atoms with Gasteiger partial charge in [0.25, 0.3) is 0 Å². The summed E-state index contributed by atoms with van der Waals surface area (Å²) in [5.41, 5.74) is 7.54. The molecule has 0 atom stereocenters. The zero-order valence-electron chi connectivity index (χ0n) is 10.4. The van der Waals surface area contributed by atoms with Crippen LogP contribution in [0.2, 0.25) is 0 Å². The molecule has 0 bridgehead atoms. The number of hydrazone groups is 1. The molecule has 0 aromatic heterocycles. The lowest BCUT2D eigenvalue weighted by atomic mass is 10.1. The van der Waals surface area contributed by atoms with Crippen molar-refractivity contribution in [2.45, 2.75) is 13.3 Å². The molecular weight excluding hydrogens is 253 g/mol. The first-order chi connectivity index (χ1) is 9.04. The summed E-state index contributed by atoms with van der Waals surface area (Å²) in [4.78, 5) is 22.5. The number of carbonyl (C=O) groups excluding carboxylic acids is 2. The zero-order valence-corrected chi connectivity index (χ0v) is 10.4. The molecule has 0 saturated heterocycles. The molecular formula is C12H14FN3O3. The Morgan fingerprint density at radius 2 is 2.11 bits per heavy atom. The van der Waals surface area contributed by atoms with E-state index in [1.165, 1.54) is 18.2 Å². The monoisotopic (exact) mass is 267 g/mol. The highest BCUT2D eigenvalue weighted by Crippen LogP contribution is 2.06. The van der Waals surface area contributed by atoms with Crippen LogP contribution in [0.5, 0.6) is 0 Å². The van der Waals surface area contributed by atoms with Gasteiger partial charge in [0.2, 0.25) is 11.7 Å². The van der Waals surface area contributed by atoms with Gasteiger partial charge in [-0.15, -0.1) is 5.10 Å². The van der Waals surface area contributed by atoms with E-state index < -0.39 is 23.5 Å². The molecule has 102 valence electrons. The topological polar surface area (TPSA) is 93.8 Å². The fourth-order valence-corrected chi connectivity index (χ4v) is 1.23. The van der Waals surface area contributed by atoms with E-state index in [2.05, 4.69) is 15.3 Å². The fraction of sp³-hybridized carbons (Fsp3) is 0.250. The van der Waals surface area contributed by atoms with Crippen molar-refractivity contribution in [3.63, 3.8) is 0 Å². The Kier molecular flexibility index (Phi) is 5.46. The Bertz CT molecular complexity index is 503. The van der Waals surface area contributed by atoms with Crippen molar-refractivity contribution >= 4 is 17.7 Å². The predicted octanol–water partition coefficient (Wildman–Crippen LogP) is 0.320. The molecule has 1 aromatic rings. The number of esters is 1. The number of benzene rings is 1. The molecule has 0 radical (unpaired) electrons. The SMILES string of the molecule is CCOC(=O)/C(N)=N\NC(=O)Cc1ccccc1F. The Hall–Kier alpha value is -2.44. The van der Waals surface area contributed by atoms with E-state index in [-0.39, 0.29) is 18.6 Å². The Morgan fingerprint density at radius 1 is 1.42 bits per heavy atom. The third-order valence-corrected chi connectivity index (χ3v) is 2.09. The van der Waals surface area contributed by atoms with Crippen molar-refractivity contribution < 1.29 is 18.7 Å². The van der Waals surface area contributed by atoms with E-state index in [0.717, 1.165) is 0 Å². The minimum atomic E-state index is -0.825. The van der Waals surface area contributed by atoms with Crippen LogP contribution in [0, 0.1) is 5.82 Å². The predicted molar refractivity (Wildman–Crippen MR) is 66.5 cm³/mol. The van der Waals surface area contributed by atoms with Gasteiger partial charge in [0.1, 0.15) is 5.82 Å². The van der Waals surface area contributed by atoms with Crippen LogP contribution in [0.15, 0.2) is 29.4 Å². The number of carbonyl (C=O) groups is 2. The standard InChI is InChI=1S/C12H14FN3O3/c1-2-19-12(18)11(14)16-15-10(17)7-8-5-3-4-6-9(8)13/h3-6H,2,7H2,1H3,(H2,14,16)(H,15,17). The third-order valence-electron chi connectivity index (χ3n) is 2.09. The summed E-state index contributed by atoms with van der Waals surface area (Å²) >= 11 is 0. The van der Waals surface area contributed by atoms with Gasteiger partial charge >= 0.3 is 5.97 Å². The van der Waals surface area contributed by atoms with E-state index in [1.807, 2.05) is 0 Å². The summed E-state index contributed by atoms with van der Waals surface area (Å²) in [5.74, 6) is -2.37. The molecule has 0 aliphatic carbocycles. The summed E-state index contributed by atoms with van der Waals surface area (Å²) < 4.78 is 17.8. The molecule has 19 heavy (non-hydrogen) atoms. The van der Waals surface area contributed by atoms with E-state index >= 15 is 0 Å². The Balaban J connectivity index is 2.55. The van der Waals surface area contributed by atoms with Crippen LogP contribution in [-0.2, 0) is 20.7 Å².